The van der Waals surface area contributed by atoms with Crippen LogP contribution in [0.2, 0.25) is 5.02 Å². The van der Waals surface area contributed by atoms with Gasteiger partial charge in [0.15, 0.2) is 11.4 Å². The second-order valence-electron chi connectivity index (χ2n) is 7.76. The predicted octanol–water partition coefficient (Wildman–Crippen LogP) is 7.64. The molecule has 8 heteroatoms. The van der Waals surface area contributed by atoms with Gasteiger partial charge in [-0.05, 0) is 67.4 Å². The zero-order chi connectivity index (χ0) is 23.3. The highest BCUT2D eigenvalue weighted by atomic mass is 35.5. The van der Waals surface area contributed by atoms with E-state index in [-0.39, 0.29) is 28.2 Å². The lowest BCUT2D eigenvalue weighted by Gasteiger charge is -2.11. The summed E-state index contributed by atoms with van der Waals surface area (Å²) in [5.41, 5.74) is 2.67. The molecule has 3 aromatic heterocycles. The molecule has 0 N–H and O–H groups in total. The highest BCUT2D eigenvalue weighted by Gasteiger charge is 2.37. The Kier molecular flexibility index (Phi) is 5.01. The maximum atomic E-state index is 14.3. The number of alkyl halides is 3. The summed E-state index contributed by atoms with van der Waals surface area (Å²) < 4.78 is 49.7. The van der Waals surface area contributed by atoms with Crippen LogP contribution >= 0.6 is 11.6 Å². The van der Waals surface area contributed by atoms with Gasteiger partial charge in [0, 0.05) is 10.6 Å². The number of benzene rings is 2. The molecule has 0 aliphatic carbocycles. The normalized spacial score (nSPS) is 11.9. The maximum Gasteiger partial charge on any atom is 0.417 e. The summed E-state index contributed by atoms with van der Waals surface area (Å²) in [6, 6.07) is 16.3. The lowest BCUT2D eigenvalue weighted by molar-refractivity contribution is -0.136. The third-order valence-corrected chi connectivity index (χ3v) is 5.82. The zero-order valence-corrected chi connectivity index (χ0v) is 18.4. The monoisotopic (exact) mass is 467 g/mol. The minimum atomic E-state index is -4.64. The molecule has 0 atom stereocenters. The third-order valence-electron chi connectivity index (χ3n) is 5.57. The van der Waals surface area contributed by atoms with Crippen molar-refractivity contribution in [2.75, 3.05) is 0 Å². The minimum absolute atomic E-state index is 0.0764. The molecule has 0 aliphatic heterocycles. The van der Waals surface area contributed by atoms with Crippen molar-refractivity contribution in [2.24, 2.45) is 0 Å². The Labute approximate surface area is 192 Å². The van der Waals surface area contributed by atoms with Crippen molar-refractivity contribution in [1.82, 2.24) is 14.8 Å². The molecule has 0 radical (unpaired) electrons. The number of hydrogen-bond acceptors (Lipinski definition) is 3. The summed E-state index contributed by atoms with van der Waals surface area (Å²) in [5.74, 6) is 0.239. The first kappa shape index (κ1) is 21.3. The van der Waals surface area contributed by atoms with Gasteiger partial charge >= 0.3 is 6.18 Å². The Bertz CT molecular complexity index is 1470. The number of furan rings is 1. The van der Waals surface area contributed by atoms with Gasteiger partial charge in [-0.25, -0.2) is 9.67 Å². The Hall–Kier alpha value is -3.58. The molecule has 5 aromatic rings. The van der Waals surface area contributed by atoms with Crippen LogP contribution in [-0.2, 0) is 6.18 Å². The molecule has 0 unspecified atom stereocenters. The fraction of sp³-hybridized carbons (Fsp3) is 0.120. The van der Waals surface area contributed by atoms with Gasteiger partial charge in [-0.1, -0.05) is 29.8 Å². The van der Waals surface area contributed by atoms with E-state index < -0.39 is 11.7 Å². The highest BCUT2D eigenvalue weighted by molar-refractivity contribution is 6.30. The van der Waals surface area contributed by atoms with Crippen LogP contribution in [-0.4, -0.2) is 14.8 Å². The summed E-state index contributed by atoms with van der Waals surface area (Å²) in [6.07, 6.45) is -3.24. The van der Waals surface area contributed by atoms with Crippen LogP contribution in [0.25, 0.3) is 39.4 Å². The average Bonchev–Trinajstić information content (AvgIpc) is 3.43. The first-order valence-corrected chi connectivity index (χ1v) is 10.5. The number of pyridine rings is 1. The van der Waals surface area contributed by atoms with E-state index in [0.717, 1.165) is 17.2 Å². The molecular formula is C25H17ClF3N3O. The number of fused-ring (bicyclic) bond motifs is 1. The van der Waals surface area contributed by atoms with Crippen molar-refractivity contribution in [3.05, 3.63) is 88.6 Å². The van der Waals surface area contributed by atoms with E-state index in [1.807, 2.05) is 32.0 Å². The molecule has 2 aromatic carbocycles. The van der Waals surface area contributed by atoms with Crippen LogP contribution in [0.3, 0.4) is 0 Å². The number of rotatable bonds is 3. The first-order chi connectivity index (χ1) is 15.7. The molecule has 0 amide bonds. The van der Waals surface area contributed by atoms with Gasteiger partial charge in [0.1, 0.15) is 11.4 Å². The largest absolute Gasteiger partial charge is 0.463 e. The quantitative estimate of drug-likeness (QED) is 0.274. The number of nitrogens with zero attached hydrogens (tertiary/aromatic N) is 3. The molecule has 3 heterocycles. The molecule has 0 aliphatic rings. The van der Waals surface area contributed by atoms with E-state index in [1.165, 1.54) is 10.9 Å². The maximum absolute atomic E-state index is 14.3. The summed E-state index contributed by atoms with van der Waals surface area (Å²) in [5, 5.41) is 5.00. The summed E-state index contributed by atoms with van der Waals surface area (Å²) in [4.78, 5) is 4.56. The van der Waals surface area contributed by atoms with Crippen molar-refractivity contribution < 1.29 is 17.6 Å². The van der Waals surface area contributed by atoms with Crippen LogP contribution in [0.4, 0.5) is 13.2 Å². The van der Waals surface area contributed by atoms with Crippen LogP contribution in [0, 0.1) is 13.8 Å². The highest BCUT2D eigenvalue weighted by Crippen LogP contribution is 2.41. The van der Waals surface area contributed by atoms with Crippen molar-refractivity contribution in [3.63, 3.8) is 0 Å². The van der Waals surface area contributed by atoms with E-state index in [1.54, 1.807) is 36.4 Å². The van der Waals surface area contributed by atoms with E-state index >= 15 is 0 Å². The van der Waals surface area contributed by atoms with Gasteiger partial charge in [0.2, 0.25) is 0 Å². The van der Waals surface area contributed by atoms with Crippen LogP contribution in [0.1, 0.15) is 16.7 Å². The Morgan fingerprint density at radius 3 is 2.33 bits per heavy atom. The fourth-order valence-electron chi connectivity index (χ4n) is 3.74. The average molecular weight is 468 g/mol. The SMILES string of the molecule is Cc1ccc(-n2nc(-c3ccc(Cl)cc3)c3c(C(F)(F)F)cc(-c4ccco4)nc32)cc1C. The second kappa shape index (κ2) is 7.78. The lowest BCUT2D eigenvalue weighted by Crippen LogP contribution is -2.08. The Balaban J connectivity index is 1.90. The van der Waals surface area contributed by atoms with Crippen LogP contribution in [0.15, 0.2) is 71.3 Å². The van der Waals surface area contributed by atoms with E-state index in [0.29, 0.717) is 16.3 Å². The topological polar surface area (TPSA) is 43.9 Å². The molecular weight excluding hydrogens is 451 g/mol. The molecule has 0 saturated heterocycles. The first-order valence-electron chi connectivity index (χ1n) is 10.1. The van der Waals surface area contributed by atoms with Crippen LogP contribution < -0.4 is 0 Å². The van der Waals surface area contributed by atoms with Gasteiger partial charge in [0.25, 0.3) is 0 Å². The molecule has 5 rings (SSSR count). The molecule has 4 nitrogen and oxygen atoms in total. The van der Waals surface area contributed by atoms with Crippen LogP contribution in [0.5, 0.6) is 0 Å². The number of hydrogen-bond donors (Lipinski definition) is 0. The standard InChI is InChI=1S/C25H17ClF3N3O/c1-14-5-10-18(12-15(14)2)32-24-22(23(31-32)16-6-8-17(26)9-7-16)19(25(27,28)29)13-20(30-24)21-4-3-11-33-21/h3-13H,1-2H3. The van der Waals surface area contributed by atoms with Crippen molar-refractivity contribution in [1.29, 1.82) is 0 Å². The predicted molar refractivity (Wildman–Crippen MR) is 121 cm³/mol. The van der Waals surface area contributed by atoms with Gasteiger partial charge in [-0.15, -0.1) is 0 Å². The van der Waals surface area contributed by atoms with E-state index in [4.69, 9.17) is 16.0 Å². The van der Waals surface area contributed by atoms with Crippen molar-refractivity contribution in [2.45, 2.75) is 20.0 Å². The van der Waals surface area contributed by atoms with Crippen molar-refractivity contribution >= 4 is 22.6 Å². The molecule has 33 heavy (non-hydrogen) atoms. The Morgan fingerprint density at radius 1 is 0.939 bits per heavy atom. The molecule has 0 fully saturated rings. The number of halogens is 4. The molecule has 0 saturated carbocycles. The number of aromatic nitrogens is 3. The molecule has 166 valence electrons. The van der Waals surface area contributed by atoms with Gasteiger partial charge in [-0.2, -0.15) is 18.3 Å². The minimum Gasteiger partial charge on any atom is -0.463 e. The lowest BCUT2D eigenvalue weighted by atomic mass is 10.0. The van der Waals surface area contributed by atoms with E-state index in [2.05, 4.69) is 10.1 Å². The van der Waals surface area contributed by atoms with Gasteiger partial charge in [-0.3, -0.25) is 0 Å². The zero-order valence-electron chi connectivity index (χ0n) is 17.6. The smallest absolute Gasteiger partial charge is 0.417 e. The van der Waals surface area contributed by atoms with Crippen molar-refractivity contribution in [3.8, 4) is 28.4 Å². The second-order valence-corrected chi connectivity index (χ2v) is 8.20. The summed E-state index contributed by atoms with van der Waals surface area (Å²) >= 11 is 6.00. The molecule has 0 bridgehead atoms. The van der Waals surface area contributed by atoms with Gasteiger partial charge in [0.05, 0.1) is 22.9 Å². The van der Waals surface area contributed by atoms with Gasteiger partial charge < -0.3 is 4.42 Å². The summed E-state index contributed by atoms with van der Waals surface area (Å²) in [7, 11) is 0. The molecule has 0 spiro atoms. The summed E-state index contributed by atoms with van der Waals surface area (Å²) in [6.45, 7) is 3.90. The third kappa shape index (κ3) is 3.78. The fourth-order valence-corrected chi connectivity index (χ4v) is 3.86. The number of aryl methyl sites for hydroxylation is 2. The van der Waals surface area contributed by atoms with E-state index in [9.17, 15) is 13.2 Å². The Morgan fingerprint density at radius 2 is 1.70 bits per heavy atom.